The molecule has 2 fully saturated rings. The van der Waals surface area contributed by atoms with Gasteiger partial charge in [0.2, 0.25) is 5.91 Å². The van der Waals surface area contributed by atoms with Crippen LogP contribution in [-0.2, 0) is 9.53 Å². The molecule has 2 aliphatic rings. The summed E-state index contributed by atoms with van der Waals surface area (Å²) in [5.41, 5.74) is 5.80. The molecule has 0 bridgehead atoms. The molecule has 0 saturated carbocycles. The van der Waals surface area contributed by atoms with Crippen LogP contribution in [-0.4, -0.2) is 42.6 Å². The van der Waals surface area contributed by atoms with E-state index in [4.69, 9.17) is 10.5 Å². The van der Waals surface area contributed by atoms with Crippen LogP contribution in [0.5, 0.6) is 0 Å². The van der Waals surface area contributed by atoms with Crippen LogP contribution in [0.25, 0.3) is 0 Å². The number of ether oxygens (including phenoxy) is 1. The number of rotatable bonds is 2. The number of piperidine rings is 1. The fourth-order valence-electron chi connectivity index (χ4n) is 3.07. The quantitative estimate of drug-likeness (QED) is 0.787. The lowest BCUT2D eigenvalue weighted by molar-refractivity contribution is -0.145. The van der Waals surface area contributed by atoms with E-state index in [-0.39, 0.29) is 12.0 Å². The minimum Gasteiger partial charge on any atom is -0.381 e. The number of amides is 1. The van der Waals surface area contributed by atoms with Crippen molar-refractivity contribution in [2.45, 2.75) is 51.1 Å². The van der Waals surface area contributed by atoms with Gasteiger partial charge in [0.05, 0.1) is 0 Å². The standard InChI is InChI=1S/C13H24N2O2/c1-10-3-2-4-12(9-14)15(10)13(16)11-5-7-17-8-6-11/h10-12H,2-9,14H2,1H3. The van der Waals surface area contributed by atoms with Crippen LogP contribution in [0.3, 0.4) is 0 Å². The van der Waals surface area contributed by atoms with E-state index in [9.17, 15) is 4.79 Å². The molecule has 1 amide bonds. The molecule has 98 valence electrons. The Hall–Kier alpha value is -0.610. The van der Waals surface area contributed by atoms with Gasteiger partial charge in [0, 0.05) is 37.8 Å². The van der Waals surface area contributed by atoms with Gasteiger partial charge in [-0.3, -0.25) is 4.79 Å². The molecule has 2 saturated heterocycles. The normalized spacial score (nSPS) is 31.5. The van der Waals surface area contributed by atoms with E-state index in [0.29, 0.717) is 18.5 Å². The van der Waals surface area contributed by atoms with E-state index >= 15 is 0 Å². The molecule has 0 aliphatic carbocycles. The van der Waals surface area contributed by atoms with Gasteiger partial charge in [-0.15, -0.1) is 0 Å². The molecule has 2 aliphatic heterocycles. The Labute approximate surface area is 103 Å². The SMILES string of the molecule is CC1CCCC(CN)N1C(=O)C1CCOCC1. The van der Waals surface area contributed by atoms with Gasteiger partial charge in [0.25, 0.3) is 0 Å². The van der Waals surface area contributed by atoms with E-state index in [2.05, 4.69) is 11.8 Å². The first-order valence-corrected chi connectivity index (χ1v) is 6.84. The lowest BCUT2D eigenvalue weighted by Gasteiger charge is -2.42. The molecular weight excluding hydrogens is 216 g/mol. The van der Waals surface area contributed by atoms with Gasteiger partial charge >= 0.3 is 0 Å². The fourth-order valence-corrected chi connectivity index (χ4v) is 3.07. The first-order valence-electron chi connectivity index (χ1n) is 6.84. The van der Waals surface area contributed by atoms with Gasteiger partial charge < -0.3 is 15.4 Å². The molecule has 2 heterocycles. The van der Waals surface area contributed by atoms with Crippen LogP contribution in [0.1, 0.15) is 39.0 Å². The molecule has 4 nitrogen and oxygen atoms in total. The van der Waals surface area contributed by atoms with Gasteiger partial charge in [-0.25, -0.2) is 0 Å². The maximum Gasteiger partial charge on any atom is 0.226 e. The second-order valence-electron chi connectivity index (χ2n) is 5.30. The zero-order valence-corrected chi connectivity index (χ0v) is 10.7. The van der Waals surface area contributed by atoms with Crippen molar-refractivity contribution in [1.82, 2.24) is 4.90 Å². The lowest BCUT2D eigenvalue weighted by atomic mass is 9.91. The number of nitrogens with zero attached hydrogens (tertiary/aromatic N) is 1. The molecule has 2 atom stereocenters. The van der Waals surface area contributed by atoms with E-state index < -0.39 is 0 Å². The summed E-state index contributed by atoms with van der Waals surface area (Å²) in [7, 11) is 0. The highest BCUT2D eigenvalue weighted by molar-refractivity contribution is 5.79. The maximum absolute atomic E-state index is 12.5. The summed E-state index contributed by atoms with van der Waals surface area (Å²) < 4.78 is 5.32. The molecule has 0 aromatic heterocycles. The second kappa shape index (κ2) is 5.83. The molecule has 0 aromatic rings. The summed E-state index contributed by atoms with van der Waals surface area (Å²) in [4.78, 5) is 14.6. The third-order valence-electron chi connectivity index (χ3n) is 4.12. The highest BCUT2D eigenvalue weighted by atomic mass is 16.5. The smallest absolute Gasteiger partial charge is 0.226 e. The molecule has 17 heavy (non-hydrogen) atoms. The Balaban J connectivity index is 2.03. The summed E-state index contributed by atoms with van der Waals surface area (Å²) in [5.74, 6) is 0.481. The Morgan fingerprint density at radius 1 is 1.29 bits per heavy atom. The minimum atomic E-state index is 0.165. The molecular formula is C13H24N2O2. The summed E-state index contributed by atoms with van der Waals surface area (Å²) >= 11 is 0. The Kier molecular flexibility index (Phi) is 4.40. The molecule has 2 unspecified atom stereocenters. The van der Waals surface area contributed by atoms with Crippen molar-refractivity contribution in [3.8, 4) is 0 Å². The Morgan fingerprint density at radius 3 is 2.65 bits per heavy atom. The molecule has 2 N–H and O–H groups in total. The summed E-state index contributed by atoms with van der Waals surface area (Å²) in [5, 5.41) is 0. The largest absolute Gasteiger partial charge is 0.381 e. The van der Waals surface area contributed by atoms with Crippen LogP contribution < -0.4 is 5.73 Å². The van der Waals surface area contributed by atoms with Crippen LogP contribution in [0.15, 0.2) is 0 Å². The summed E-state index contributed by atoms with van der Waals surface area (Å²) in [6.07, 6.45) is 5.13. The van der Waals surface area contributed by atoms with Crippen molar-refractivity contribution >= 4 is 5.91 Å². The van der Waals surface area contributed by atoms with Crippen LogP contribution in [0.2, 0.25) is 0 Å². The number of carbonyl (C=O) groups is 1. The van der Waals surface area contributed by atoms with Crippen LogP contribution in [0.4, 0.5) is 0 Å². The van der Waals surface area contributed by atoms with Gasteiger partial charge in [0.1, 0.15) is 0 Å². The molecule has 4 heteroatoms. The van der Waals surface area contributed by atoms with Gasteiger partial charge in [-0.2, -0.15) is 0 Å². The first kappa shape index (κ1) is 12.8. The Bertz CT molecular complexity index is 264. The number of hydrogen-bond acceptors (Lipinski definition) is 3. The maximum atomic E-state index is 12.5. The van der Waals surface area contributed by atoms with Crippen LogP contribution >= 0.6 is 0 Å². The number of hydrogen-bond donors (Lipinski definition) is 1. The summed E-state index contributed by atoms with van der Waals surface area (Å²) in [6, 6.07) is 0.613. The third kappa shape index (κ3) is 2.80. The predicted octanol–water partition coefficient (Wildman–Crippen LogP) is 1.14. The van der Waals surface area contributed by atoms with E-state index in [1.807, 2.05) is 0 Å². The first-order chi connectivity index (χ1) is 8.24. The van der Waals surface area contributed by atoms with Gasteiger partial charge in [-0.1, -0.05) is 0 Å². The third-order valence-corrected chi connectivity index (χ3v) is 4.12. The van der Waals surface area contributed by atoms with E-state index in [0.717, 1.165) is 38.9 Å². The zero-order valence-electron chi connectivity index (χ0n) is 10.7. The lowest BCUT2D eigenvalue weighted by Crippen LogP contribution is -2.54. The highest BCUT2D eigenvalue weighted by Gasteiger charge is 2.35. The van der Waals surface area contributed by atoms with Gasteiger partial charge in [0.15, 0.2) is 0 Å². The van der Waals surface area contributed by atoms with Crippen molar-refractivity contribution in [1.29, 1.82) is 0 Å². The number of likely N-dealkylation sites (tertiary alicyclic amines) is 1. The average molecular weight is 240 g/mol. The monoisotopic (exact) mass is 240 g/mol. The minimum absolute atomic E-state index is 0.165. The summed E-state index contributed by atoms with van der Waals surface area (Å²) in [6.45, 7) is 4.20. The van der Waals surface area contributed by atoms with Gasteiger partial charge in [-0.05, 0) is 39.0 Å². The van der Waals surface area contributed by atoms with Crippen molar-refractivity contribution in [3.63, 3.8) is 0 Å². The van der Waals surface area contributed by atoms with E-state index in [1.54, 1.807) is 0 Å². The molecule has 0 spiro atoms. The van der Waals surface area contributed by atoms with Crippen LogP contribution in [0, 0.1) is 5.92 Å². The molecule has 2 rings (SSSR count). The Morgan fingerprint density at radius 2 is 2.00 bits per heavy atom. The zero-order chi connectivity index (χ0) is 12.3. The second-order valence-corrected chi connectivity index (χ2v) is 5.30. The highest BCUT2D eigenvalue weighted by Crippen LogP contribution is 2.27. The average Bonchev–Trinajstić information content (AvgIpc) is 2.38. The number of carbonyl (C=O) groups excluding carboxylic acids is 1. The van der Waals surface area contributed by atoms with E-state index in [1.165, 1.54) is 6.42 Å². The molecule has 0 radical (unpaired) electrons. The van der Waals surface area contributed by atoms with Crippen molar-refractivity contribution in [2.75, 3.05) is 19.8 Å². The predicted molar refractivity (Wildman–Crippen MR) is 66.5 cm³/mol. The topological polar surface area (TPSA) is 55.6 Å². The van der Waals surface area contributed by atoms with Crippen molar-refractivity contribution in [2.24, 2.45) is 11.7 Å². The number of nitrogens with two attached hydrogens (primary N) is 1. The fraction of sp³-hybridized carbons (Fsp3) is 0.923. The van der Waals surface area contributed by atoms with Crippen molar-refractivity contribution < 1.29 is 9.53 Å². The molecule has 0 aromatic carbocycles. The van der Waals surface area contributed by atoms with Crippen molar-refractivity contribution in [3.05, 3.63) is 0 Å².